The van der Waals surface area contributed by atoms with E-state index in [0.717, 1.165) is 37.3 Å². The second-order valence-corrected chi connectivity index (χ2v) is 5.57. The van der Waals surface area contributed by atoms with Crippen molar-refractivity contribution in [1.82, 2.24) is 10.1 Å². The summed E-state index contributed by atoms with van der Waals surface area (Å²) >= 11 is 1.76. The average molecular weight is 264 g/mol. The molecule has 18 heavy (non-hydrogen) atoms. The van der Waals surface area contributed by atoms with Crippen LogP contribution in [0.15, 0.2) is 16.0 Å². The van der Waals surface area contributed by atoms with Crippen molar-refractivity contribution in [2.75, 3.05) is 13.2 Å². The summed E-state index contributed by atoms with van der Waals surface area (Å²) in [5.41, 5.74) is 1.04. The topological polar surface area (TPSA) is 48.2 Å². The molecular weight excluding hydrogens is 248 g/mol. The van der Waals surface area contributed by atoms with E-state index in [1.807, 2.05) is 0 Å². The van der Waals surface area contributed by atoms with Crippen molar-refractivity contribution in [3.8, 4) is 11.5 Å². The molecule has 1 atom stereocenters. The smallest absolute Gasteiger partial charge is 0.258 e. The van der Waals surface area contributed by atoms with Crippen molar-refractivity contribution in [3.63, 3.8) is 0 Å². The Bertz CT molecular complexity index is 515. The number of aryl methyl sites for hydroxylation is 1. The van der Waals surface area contributed by atoms with Gasteiger partial charge < -0.3 is 9.26 Å². The van der Waals surface area contributed by atoms with Crippen LogP contribution >= 0.6 is 11.3 Å². The zero-order chi connectivity index (χ0) is 12.4. The first-order chi connectivity index (χ1) is 8.86. The van der Waals surface area contributed by atoms with Crippen molar-refractivity contribution >= 4 is 11.3 Å². The molecule has 1 aliphatic rings. The average Bonchev–Trinajstić information content (AvgIpc) is 3.10. The summed E-state index contributed by atoms with van der Waals surface area (Å²) in [7, 11) is 0. The van der Waals surface area contributed by atoms with Gasteiger partial charge in [0.1, 0.15) is 0 Å². The maximum Gasteiger partial charge on any atom is 0.258 e. The summed E-state index contributed by atoms with van der Waals surface area (Å²) < 4.78 is 10.7. The van der Waals surface area contributed by atoms with E-state index in [1.165, 1.54) is 4.88 Å². The van der Waals surface area contributed by atoms with Gasteiger partial charge >= 0.3 is 0 Å². The lowest BCUT2D eigenvalue weighted by Crippen LogP contribution is -1.99. The second-order valence-electron chi connectivity index (χ2n) is 4.57. The van der Waals surface area contributed by atoms with Crippen LogP contribution in [0, 0.1) is 0 Å². The van der Waals surface area contributed by atoms with E-state index >= 15 is 0 Å². The molecule has 0 unspecified atom stereocenters. The van der Waals surface area contributed by atoms with Crippen LogP contribution in [-0.2, 0) is 11.2 Å². The third-order valence-electron chi connectivity index (χ3n) is 3.13. The number of nitrogens with zero attached hydrogens (tertiary/aromatic N) is 2. The summed E-state index contributed by atoms with van der Waals surface area (Å²) in [6.45, 7) is 3.70. The van der Waals surface area contributed by atoms with Gasteiger partial charge in [-0.25, -0.2) is 0 Å². The van der Waals surface area contributed by atoms with Gasteiger partial charge in [0.15, 0.2) is 5.82 Å². The zero-order valence-electron chi connectivity index (χ0n) is 10.4. The maximum absolute atomic E-state index is 5.34. The summed E-state index contributed by atoms with van der Waals surface area (Å²) in [4.78, 5) is 5.86. The Hall–Kier alpha value is -1.20. The Morgan fingerprint density at radius 3 is 3.22 bits per heavy atom. The highest BCUT2D eigenvalue weighted by atomic mass is 32.1. The Kier molecular flexibility index (Phi) is 3.43. The normalized spacial score (nSPS) is 19.5. The van der Waals surface area contributed by atoms with Crippen molar-refractivity contribution in [1.29, 1.82) is 0 Å². The minimum absolute atomic E-state index is 0.302. The monoisotopic (exact) mass is 264 g/mol. The molecule has 0 amide bonds. The van der Waals surface area contributed by atoms with Crippen molar-refractivity contribution in [2.24, 2.45) is 0 Å². The molecule has 4 nitrogen and oxygen atoms in total. The Balaban J connectivity index is 1.78. The minimum atomic E-state index is 0.302. The first kappa shape index (κ1) is 11.9. The highest BCUT2D eigenvalue weighted by Crippen LogP contribution is 2.28. The molecule has 0 aromatic carbocycles. The van der Waals surface area contributed by atoms with Crippen molar-refractivity contribution in [3.05, 3.63) is 22.1 Å². The highest BCUT2D eigenvalue weighted by molar-refractivity contribution is 7.10. The fraction of sp³-hybridized carbons (Fsp3) is 0.538. The van der Waals surface area contributed by atoms with Crippen molar-refractivity contribution in [2.45, 2.75) is 32.1 Å². The molecule has 96 valence electrons. The maximum atomic E-state index is 5.34. The standard InChI is InChI=1S/C13H16N2O2S/c1-2-3-11-6-10(8-18-11)13-14-12(15-17-13)9-4-5-16-7-9/h6,8-9H,2-5,7H2,1H3/t9-/m0/s1. The van der Waals surface area contributed by atoms with E-state index in [0.29, 0.717) is 18.4 Å². The predicted molar refractivity (Wildman–Crippen MR) is 69.8 cm³/mol. The van der Waals surface area contributed by atoms with Gasteiger partial charge in [0.25, 0.3) is 5.89 Å². The number of thiophene rings is 1. The molecule has 0 bridgehead atoms. The lowest BCUT2D eigenvalue weighted by molar-refractivity contribution is 0.192. The van der Waals surface area contributed by atoms with E-state index < -0.39 is 0 Å². The largest absolute Gasteiger partial charge is 0.381 e. The number of ether oxygens (including phenoxy) is 1. The Morgan fingerprint density at radius 2 is 2.44 bits per heavy atom. The van der Waals surface area contributed by atoms with Crippen molar-refractivity contribution < 1.29 is 9.26 Å². The van der Waals surface area contributed by atoms with Crippen LogP contribution in [0.1, 0.15) is 36.4 Å². The highest BCUT2D eigenvalue weighted by Gasteiger charge is 2.23. The van der Waals surface area contributed by atoms with E-state index in [4.69, 9.17) is 9.26 Å². The van der Waals surface area contributed by atoms with Gasteiger partial charge in [-0.05, 0) is 18.9 Å². The fourth-order valence-corrected chi connectivity index (χ4v) is 3.09. The summed E-state index contributed by atoms with van der Waals surface area (Å²) in [6.07, 6.45) is 3.26. The number of aromatic nitrogens is 2. The second kappa shape index (κ2) is 5.20. The molecule has 2 aromatic heterocycles. The lowest BCUT2D eigenvalue weighted by atomic mass is 10.1. The first-order valence-electron chi connectivity index (χ1n) is 6.36. The minimum Gasteiger partial charge on any atom is -0.381 e. The third-order valence-corrected chi connectivity index (χ3v) is 4.13. The molecule has 2 aromatic rings. The van der Waals surface area contributed by atoms with E-state index in [1.54, 1.807) is 11.3 Å². The van der Waals surface area contributed by atoms with Gasteiger partial charge in [-0.15, -0.1) is 11.3 Å². The van der Waals surface area contributed by atoms with Crippen LogP contribution < -0.4 is 0 Å². The molecule has 1 aliphatic heterocycles. The van der Waals surface area contributed by atoms with E-state index in [-0.39, 0.29) is 0 Å². The molecule has 3 rings (SSSR count). The fourth-order valence-electron chi connectivity index (χ4n) is 2.13. The number of hydrogen-bond acceptors (Lipinski definition) is 5. The van der Waals surface area contributed by atoms with Gasteiger partial charge in [0.05, 0.1) is 12.2 Å². The Morgan fingerprint density at radius 1 is 1.50 bits per heavy atom. The molecule has 0 aliphatic carbocycles. The molecular formula is C13H16N2O2S. The SMILES string of the molecule is CCCc1cc(-c2nc([C@H]3CCOC3)no2)cs1. The van der Waals surface area contributed by atoms with Crippen LogP contribution in [0.5, 0.6) is 0 Å². The predicted octanol–water partition coefficient (Wildman–Crippen LogP) is 3.25. The molecule has 0 spiro atoms. The molecule has 5 heteroatoms. The molecule has 0 N–H and O–H groups in total. The van der Waals surface area contributed by atoms with Crippen LogP contribution in [0.3, 0.4) is 0 Å². The summed E-state index contributed by atoms with van der Waals surface area (Å²) in [5.74, 6) is 1.72. The summed E-state index contributed by atoms with van der Waals surface area (Å²) in [5, 5.41) is 6.16. The van der Waals surface area contributed by atoms with Gasteiger partial charge in [-0.2, -0.15) is 4.98 Å². The van der Waals surface area contributed by atoms with Crippen LogP contribution in [0.25, 0.3) is 11.5 Å². The number of hydrogen-bond donors (Lipinski definition) is 0. The van der Waals surface area contributed by atoms with Crippen LogP contribution in [-0.4, -0.2) is 23.4 Å². The molecule has 1 fully saturated rings. The van der Waals surface area contributed by atoms with Gasteiger partial charge in [-0.3, -0.25) is 0 Å². The molecule has 0 saturated carbocycles. The molecule has 1 saturated heterocycles. The molecule has 0 radical (unpaired) electrons. The zero-order valence-corrected chi connectivity index (χ0v) is 11.2. The quantitative estimate of drug-likeness (QED) is 0.850. The lowest BCUT2D eigenvalue weighted by Gasteiger charge is -1.97. The van der Waals surface area contributed by atoms with Crippen LogP contribution in [0.2, 0.25) is 0 Å². The van der Waals surface area contributed by atoms with Gasteiger partial charge in [0, 0.05) is 22.8 Å². The summed E-state index contributed by atoms with van der Waals surface area (Å²) in [6, 6.07) is 2.15. The van der Waals surface area contributed by atoms with Gasteiger partial charge in [0.2, 0.25) is 0 Å². The Labute approximate surface area is 110 Å². The first-order valence-corrected chi connectivity index (χ1v) is 7.24. The molecule has 3 heterocycles. The van der Waals surface area contributed by atoms with Gasteiger partial charge in [-0.1, -0.05) is 18.5 Å². The number of rotatable bonds is 4. The third kappa shape index (κ3) is 2.33. The van der Waals surface area contributed by atoms with Crippen LogP contribution in [0.4, 0.5) is 0 Å². The van der Waals surface area contributed by atoms with E-state index in [9.17, 15) is 0 Å². The van der Waals surface area contributed by atoms with E-state index in [2.05, 4.69) is 28.5 Å².